The molecule has 1 aliphatic carbocycles. The predicted octanol–water partition coefficient (Wildman–Crippen LogP) is 2.17. The van der Waals surface area contributed by atoms with Crippen LogP contribution in [-0.4, -0.2) is 65.6 Å². The number of nitriles is 1. The summed E-state index contributed by atoms with van der Waals surface area (Å²) in [5.74, 6) is -6.62. The smallest absolute Gasteiger partial charge is 0.432 e. The fourth-order valence-corrected chi connectivity index (χ4v) is 8.30. The highest BCUT2D eigenvalue weighted by Crippen LogP contribution is 2.59. The molecule has 1 aromatic carbocycles. The zero-order valence-electron chi connectivity index (χ0n) is 19.7. The summed E-state index contributed by atoms with van der Waals surface area (Å²) in [6, 6.07) is 0.196. The van der Waals surface area contributed by atoms with E-state index in [0.29, 0.717) is 18.9 Å². The predicted molar refractivity (Wildman–Crippen MR) is 117 cm³/mol. The van der Waals surface area contributed by atoms with Gasteiger partial charge >= 0.3 is 12.1 Å². The second kappa shape index (κ2) is 8.85. The van der Waals surface area contributed by atoms with Crippen LogP contribution in [0.25, 0.3) is 0 Å². The van der Waals surface area contributed by atoms with Crippen LogP contribution >= 0.6 is 0 Å². The Kier molecular flexibility index (Phi) is 6.23. The minimum Gasteiger partial charge on any atom is -0.432 e. The summed E-state index contributed by atoms with van der Waals surface area (Å²) in [5.41, 5.74) is 4.39. The number of hydrogen-bond acceptors (Lipinski definition) is 7. The van der Waals surface area contributed by atoms with E-state index in [1.165, 1.54) is 4.31 Å². The Morgan fingerprint density at radius 3 is 2.21 bits per heavy atom. The van der Waals surface area contributed by atoms with Crippen molar-refractivity contribution in [3.63, 3.8) is 0 Å². The second-order valence-electron chi connectivity index (χ2n) is 10.3. The van der Waals surface area contributed by atoms with Crippen molar-refractivity contribution in [2.45, 2.75) is 79.5 Å². The zero-order chi connectivity index (χ0) is 27.8. The fourth-order valence-electron chi connectivity index (χ4n) is 6.36. The number of rotatable bonds is 5. The molecule has 0 aromatic heterocycles. The number of ether oxygens (including phenoxy) is 1. The first-order valence-corrected chi connectivity index (χ1v) is 13.4. The maximum Gasteiger partial charge on any atom is 0.491 e. The Morgan fingerprint density at radius 2 is 1.68 bits per heavy atom. The molecule has 3 saturated heterocycles. The molecule has 1 amide bonds. The van der Waals surface area contributed by atoms with E-state index >= 15 is 0 Å². The van der Waals surface area contributed by atoms with E-state index in [9.17, 15) is 45.2 Å². The van der Waals surface area contributed by atoms with Gasteiger partial charge in [0.2, 0.25) is 15.9 Å². The number of sulfonamides is 1. The lowest BCUT2D eigenvalue weighted by Crippen LogP contribution is -2.58. The molecule has 9 nitrogen and oxygen atoms in total. The van der Waals surface area contributed by atoms with E-state index in [4.69, 9.17) is 10.5 Å². The molecule has 3 aliphatic heterocycles. The number of benzene rings is 1. The van der Waals surface area contributed by atoms with Gasteiger partial charge in [-0.05, 0) is 50.2 Å². The lowest BCUT2D eigenvalue weighted by Gasteiger charge is -2.41. The van der Waals surface area contributed by atoms with Crippen molar-refractivity contribution >= 4 is 21.9 Å². The maximum absolute atomic E-state index is 13.7. The summed E-state index contributed by atoms with van der Waals surface area (Å²) in [5, 5.41) is 9.52. The quantitative estimate of drug-likeness (QED) is 0.430. The van der Waals surface area contributed by atoms with Crippen LogP contribution < -0.4 is 5.73 Å². The van der Waals surface area contributed by atoms with E-state index in [1.807, 2.05) is 6.07 Å². The van der Waals surface area contributed by atoms with Gasteiger partial charge < -0.3 is 10.5 Å². The van der Waals surface area contributed by atoms with Gasteiger partial charge in [0.05, 0.1) is 17.0 Å². The summed E-state index contributed by atoms with van der Waals surface area (Å²) >= 11 is 0. The molecular weight excluding hydrogens is 539 g/mol. The van der Waals surface area contributed by atoms with E-state index in [2.05, 4.69) is 0 Å². The number of hydrogen-bond donors (Lipinski definition) is 1. The van der Waals surface area contributed by atoms with Crippen molar-refractivity contribution in [2.24, 2.45) is 17.6 Å². The number of carbonyl (C=O) groups is 2. The van der Waals surface area contributed by atoms with Gasteiger partial charge in [0.1, 0.15) is 17.7 Å². The molecule has 3 heterocycles. The third-order valence-electron chi connectivity index (χ3n) is 8.04. The number of piperidine rings is 2. The SMILES string of the molecule is N#C[C@@H]1C[C@@H]2C[C@@]2(OC(=O)C(F)(F)F)N1C(=O)[C@@H](N)C1CC2CCC(C1)N2S(=O)(=O)c1cc(F)cc(F)c1. The number of halogens is 5. The first kappa shape index (κ1) is 26.8. The molecule has 0 radical (unpaired) electrons. The molecule has 2 N–H and O–H groups in total. The van der Waals surface area contributed by atoms with Gasteiger partial charge in [0.15, 0.2) is 5.72 Å². The molecule has 0 spiro atoms. The summed E-state index contributed by atoms with van der Waals surface area (Å²) < 4.78 is 98.4. The van der Waals surface area contributed by atoms with Gasteiger partial charge in [-0.1, -0.05) is 0 Å². The van der Waals surface area contributed by atoms with Gasteiger partial charge in [-0.3, -0.25) is 9.69 Å². The summed E-state index contributed by atoms with van der Waals surface area (Å²) in [7, 11) is -4.27. The average Bonchev–Trinajstić information content (AvgIpc) is 3.30. The first-order valence-electron chi connectivity index (χ1n) is 12.0. The topological polar surface area (TPSA) is 134 Å². The van der Waals surface area contributed by atoms with Crippen LogP contribution in [0.15, 0.2) is 23.1 Å². The number of fused-ring (bicyclic) bond motifs is 3. The zero-order valence-corrected chi connectivity index (χ0v) is 20.5. The number of likely N-dealkylation sites (tertiary alicyclic amines) is 1. The van der Waals surface area contributed by atoms with Gasteiger partial charge in [-0.15, -0.1) is 0 Å². The van der Waals surface area contributed by atoms with Crippen molar-refractivity contribution in [3.8, 4) is 6.07 Å². The highest BCUT2D eigenvalue weighted by molar-refractivity contribution is 7.89. The van der Waals surface area contributed by atoms with Crippen LogP contribution in [0.4, 0.5) is 22.0 Å². The monoisotopic (exact) mass is 562 g/mol. The molecule has 1 aromatic rings. The number of nitrogens with zero attached hydrogens (tertiary/aromatic N) is 3. The first-order chi connectivity index (χ1) is 17.7. The molecule has 4 aliphatic rings. The Morgan fingerprint density at radius 1 is 1.11 bits per heavy atom. The van der Waals surface area contributed by atoms with Crippen LogP contribution in [0.5, 0.6) is 0 Å². The summed E-state index contributed by atoms with van der Waals surface area (Å²) in [6.07, 6.45) is -4.23. The van der Waals surface area contributed by atoms with E-state index in [0.717, 1.165) is 17.0 Å². The minimum absolute atomic E-state index is 0.0340. The molecule has 2 bridgehead atoms. The average molecular weight is 563 g/mol. The molecule has 1 saturated carbocycles. The van der Waals surface area contributed by atoms with Gasteiger partial charge in [0, 0.05) is 30.5 Å². The van der Waals surface area contributed by atoms with Crippen molar-refractivity contribution < 1.29 is 44.7 Å². The molecule has 38 heavy (non-hydrogen) atoms. The molecule has 5 rings (SSSR count). The van der Waals surface area contributed by atoms with Crippen molar-refractivity contribution in [1.82, 2.24) is 9.21 Å². The summed E-state index contributed by atoms with van der Waals surface area (Å²) in [4.78, 5) is 25.3. The van der Waals surface area contributed by atoms with Crippen molar-refractivity contribution in [2.75, 3.05) is 0 Å². The van der Waals surface area contributed by atoms with Crippen LogP contribution in [-0.2, 0) is 24.3 Å². The number of carbonyl (C=O) groups excluding carboxylic acids is 2. The fraction of sp³-hybridized carbons (Fsp3) is 0.609. The van der Waals surface area contributed by atoms with Crippen molar-refractivity contribution in [3.05, 3.63) is 29.8 Å². The summed E-state index contributed by atoms with van der Waals surface area (Å²) in [6.45, 7) is 0. The van der Waals surface area contributed by atoms with E-state index in [1.54, 1.807) is 0 Å². The van der Waals surface area contributed by atoms with E-state index < -0.39 is 86.3 Å². The van der Waals surface area contributed by atoms with Crippen molar-refractivity contribution in [1.29, 1.82) is 5.26 Å². The second-order valence-corrected chi connectivity index (χ2v) is 12.1. The third-order valence-corrected chi connectivity index (χ3v) is 10.0. The molecule has 2 unspecified atom stereocenters. The van der Waals surface area contributed by atoms with Gasteiger partial charge in [0.25, 0.3) is 0 Å². The lowest BCUT2D eigenvalue weighted by atomic mass is 9.85. The maximum atomic E-state index is 13.7. The molecule has 6 atom stereocenters. The van der Waals surface area contributed by atoms with Crippen LogP contribution in [0, 0.1) is 34.8 Å². The molecular formula is C23H23F5N4O5S. The highest BCUT2D eigenvalue weighted by Gasteiger charge is 2.72. The number of nitrogens with two attached hydrogens (primary N) is 1. The number of esters is 1. The van der Waals surface area contributed by atoms with Crippen LogP contribution in [0.2, 0.25) is 0 Å². The third kappa shape index (κ3) is 4.22. The highest BCUT2D eigenvalue weighted by atomic mass is 32.2. The minimum atomic E-state index is -5.29. The largest absolute Gasteiger partial charge is 0.491 e. The standard InChI is InChI=1S/C23H23F5N4O5S/c24-13-6-14(25)8-18(7-13)38(35,36)32-15-1-2-16(32)4-11(3-15)19(30)20(33)31-17(10-29)5-12-9-22(12,31)37-21(34)23(26,27)28/h6-8,11-12,15-17,19H,1-5,9,30H2/t11?,12-,15?,16?,17+,19+,22+/m1/s1. The van der Waals surface area contributed by atoms with Crippen LogP contribution in [0.1, 0.15) is 38.5 Å². The van der Waals surface area contributed by atoms with Crippen LogP contribution in [0.3, 0.4) is 0 Å². The number of alkyl halides is 3. The molecule has 206 valence electrons. The Hall–Kier alpha value is -2.83. The Balaban J connectivity index is 1.35. The number of amides is 1. The van der Waals surface area contributed by atoms with E-state index in [-0.39, 0.29) is 25.7 Å². The molecule has 15 heteroatoms. The Bertz CT molecular complexity index is 1300. The lowest BCUT2D eigenvalue weighted by molar-refractivity contribution is -0.217. The van der Waals surface area contributed by atoms with Gasteiger partial charge in [-0.2, -0.15) is 22.7 Å². The normalized spacial score (nSPS) is 33.4. The van der Waals surface area contributed by atoms with Gasteiger partial charge in [-0.25, -0.2) is 22.0 Å². The Labute approximate surface area is 214 Å². The molecule has 4 fully saturated rings.